The highest BCUT2D eigenvalue weighted by Gasteiger charge is 2.62. The van der Waals surface area contributed by atoms with E-state index in [1.54, 1.807) is 13.0 Å². The number of carbonyl (C=O) groups excluding carboxylic acids is 1. The van der Waals surface area contributed by atoms with Gasteiger partial charge in [-0.2, -0.15) is 0 Å². The Morgan fingerprint density at radius 1 is 1.43 bits per heavy atom. The molecule has 0 saturated carbocycles. The second-order valence-corrected chi connectivity index (χ2v) is 9.09. The number of carbonyl (C=O) groups is 1. The Labute approximate surface area is 167 Å². The monoisotopic (exact) mass is 389 g/mol. The van der Waals surface area contributed by atoms with E-state index in [-0.39, 0.29) is 23.4 Å². The summed E-state index contributed by atoms with van der Waals surface area (Å²) >= 11 is 0. The Balaban J connectivity index is 1.36. The molecule has 1 amide bonds. The quantitative estimate of drug-likeness (QED) is 0.777. The summed E-state index contributed by atoms with van der Waals surface area (Å²) in [6.07, 6.45) is 3.68. The van der Waals surface area contributed by atoms with Crippen molar-refractivity contribution in [1.29, 1.82) is 0 Å². The van der Waals surface area contributed by atoms with Crippen LogP contribution in [-0.4, -0.2) is 74.2 Å². The van der Waals surface area contributed by atoms with Gasteiger partial charge in [0.1, 0.15) is 5.82 Å². The van der Waals surface area contributed by atoms with E-state index in [0.29, 0.717) is 29.5 Å². The largest absolute Gasteiger partial charge is 0.370 e. The average Bonchev–Trinajstić information content (AvgIpc) is 3.27. The Bertz CT molecular complexity index is 740. The Morgan fingerprint density at radius 3 is 3.00 bits per heavy atom. The smallest absolute Gasteiger partial charge is 0.251 e. The maximum atomic E-state index is 13.3. The first kappa shape index (κ1) is 19.8. The lowest BCUT2D eigenvalue weighted by Crippen LogP contribution is -2.42. The fourth-order valence-electron chi connectivity index (χ4n) is 5.53. The van der Waals surface area contributed by atoms with Gasteiger partial charge in [0.05, 0.1) is 11.7 Å². The molecule has 154 valence electrons. The van der Waals surface area contributed by atoms with E-state index in [1.807, 2.05) is 0 Å². The van der Waals surface area contributed by atoms with E-state index in [9.17, 15) is 9.18 Å². The van der Waals surface area contributed by atoms with Crippen LogP contribution in [0.5, 0.6) is 0 Å². The molecule has 1 spiro atoms. The minimum Gasteiger partial charge on any atom is -0.370 e. The van der Waals surface area contributed by atoms with Gasteiger partial charge in [-0.05, 0) is 77.1 Å². The van der Waals surface area contributed by atoms with Crippen LogP contribution in [0.1, 0.15) is 35.2 Å². The van der Waals surface area contributed by atoms with Crippen molar-refractivity contribution in [1.82, 2.24) is 15.1 Å². The number of hydrogen-bond acceptors (Lipinski definition) is 4. The van der Waals surface area contributed by atoms with E-state index >= 15 is 0 Å². The summed E-state index contributed by atoms with van der Waals surface area (Å²) in [6.45, 7) is 6.73. The van der Waals surface area contributed by atoms with E-state index in [0.717, 1.165) is 39.0 Å². The van der Waals surface area contributed by atoms with Gasteiger partial charge >= 0.3 is 0 Å². The molecule has 0 unspecified atom stereocenters. The van der Waals surface area contributed by atoms with Crippen molar-refractivity contribution in [2.24, 2.45) is 11.8 Å². The lowest BCUT2D eigenvalue weighted by Gasteiger charge is -2.29. The lowest BCUT2D eigenvalue weighted by atomic mass is 9.73. The molecule has 3 heterocycles. The maximum absolute atomic E-state index is 13.3. The molecule has 3 aliphatic rings. The van der Waals surface area contributed by atoms with E-state index < -0.39 is 0 Å². The van der Waals surface area contributed by atoms with Crippen molar-refractivity contribution in [3.63, 3.8) is 0 Å². The number of likely N-dealkylation sites (tertiary alicyclic amines) is 1. The molecule has 28 heavy (non-hydrogen) atoms. The number of hydrogen-bond donors (Lipinski definition) is 1. The van der Waals surface area contributed by atoms with Crippen molar-refractivity contribution in [3.05, 3.63) is 35.1 Å². The number of aryl methyl sites for hydroxylation is 1. The first-order chi connectivity index (χ1) is 13.4. The molecule has 0 radical (unpaired) electrons. The molecule has 0 aliphatic carbocycles. The number of benzene rings is 1. The number of amides is 1. The van der Waals surface area contributed by atoms with Gasteiger partial charge in [0.2, 0.25) is 0 Å². The molecule has 1 N–H and O–H groups in total. The highest BCUT2D eigenvalue weighted by atomic mass is 19.1. The van der Waals surface area contributed by atoms with Gasteiger partial charge < -0.3 is 19.9 Å². The van der Waals surface area contributed by atoms with E-state index in [4.69, 9.17) is 4.74 Å². The van der Waals surface area contributed by atoms with Crippen LogP contribution in [0.2, 0.25) is 0 Å². The van der Waals surface area contributed by atoms with Gasteiger partial charge in [-0.1, -0.05) is 0 Å². The highest BCUT2D eigenvalue weighted by Crippen LogP contribution is 2.54. The summed E-state index contributed by atoms with van der Waals surface area (Å²) in [5.74, 6) is 0.450. The van der Waals surface area contributed by atoms with Crippen molar-refractivity contribution in [3.8, 4) is 0 Å². The first-order valence-electron chi connectivity index (χ1n) is 10.5. The molecular weight excluding hydrogens is 357 g/mol. The molecule has 1 aromatic rings. The second kappa shape index (κ2) is 7.73. The molecule has 6 heteroatoms. The molecular formula is C22H32FN3O2. The van der Waals surface area contributed by atoms with Gasteiger partial charge in [0.25, 0.3) is 5.91 Å². The third kappa shape index (κ3) is 3.70. The predicted octanol–water partition coefficient (Wildman–Crippen LogP) is 2.30. The van der Waals surface area contributed by atoms with Gasteiger partial charge in [0.15, 0.2) is 0 Å². The molecule has 3 aliphatic heterocycles. The molecule has 4 atom stereocenters. The number of ether oxygens (including phenoxy) is 1. The molecule has 1 aromatic carbocycles. The minimum absolute atomic E-state index is 0.00394. The SMILES string of the molecule is Cc1cc(F)ccc1C(=O)NC[C@H]1[C@H]2CN(CCCN(C)C)C[C@]23CC[C@H]1O3. The summed E-state index contributed by atoms with van der Waals surface area (Å²) in [5.41, 5.74) is 1.23. The second-order valence-electron chi connectivity index (χ2n) is 9.09. The summed E-state index contributed by atoms with van der Waals surface area (Å²) in [6, 6.07) is 4.33. The summed E-state index contributed by atoms with van der Waals surface area (Å²) in [4.78, 5) is 17.4. The van der Waals surface area contributed by atoms with Crippen LogP contribution in [0.4, 0.5) is 4.39 Å². The molecule has 4 rings (SSSR count). The number of halogens is 1. The van der Waals surface area contributed by atoms with Crippen LogP contribution < -0.4 is 5.32 Å². The summed E-state index contributed by atoms with van der Waals surface area (Å²) in [5, 5.41) is 3.10. The summed E-state index contributed by atoms with van der Waals surface area (Å²) < 4.78 is 19.8. The number of fused-ring (bicyclic) bond motifs is 1. The Morgan fingerprint density at radius 2 is 2.25 bits per heavy atom. The van der Waals surface area contributed by atoms with Crippen LogP contribution in [0.25, 0.3) is 0 Å². The summed E-state index contributed by atoms with van der Waals surface area (Å²) in [7, 11) is 4.23. The fourth-order valence-corrected chi connectivity index (χ4v) is 5.53. The van der Waals surface area contributed by atoms with Crippen molar-refractivity contribution in [2.45, 2.75) is 37.9 Å². The van der Waals surface area contributed by atoms with Gasteiger partial charge in [-0.15, -0.1) is 0 Å². The normalized spacial score (nSPS) is 31.5. The van der Waals surface area contributed by atoms with E-state index in [1.165, 1.54) is 18.6 Å². The maximum Gasteiger partial charge on any atom is 0.251 e. The Kier molecular flexibility index (Phi) is 5.47. The fraction of sp³-hybridized carbons (Fsp3) is 0.682. The molecule has 2 bridgehead atoms. The lowest BCUT2D eigenvalue weighted by molar-refractivity contribution is 0.00260. The topological polar surface area (TPSA) is 44.8 Å². The first-order valence-corrected chi connectivity index (χ1v) is 10.5. The zero-order chi connectivity index (χ0) is 19.9. The minimum atomic E-state index is -0.308. The molecule has 3 saturated heterocycles. The van der Waals surface area contributed by atoms with Crippen LogP contribution in [0.3, 0.4) is 0 Å². The van der Waals surface area contributed by atoms with Crippen LogP contribution in [0, 0.1) is 24.6 Å². The third-order valence-electron chi connectivity index (χ3n) is 6.87. The zero-order valence-electron chi connectivity index (χ0n) is 17.2. The number of rotatable bonds is 7. The van der Waals surface area contributed by atoms with Crippen LogP contribution in [0.15, 0.2) is 18.2 Å². The van der Waals surface area contributed by atoms with Crippen LogP contribution in [-0.2, 0) is 4.74 Å². The molecule has 5 nitrogen and oxygen atoms in total. The predicted molar refractivity (Wildman–Crippen MR) is 107 cm³/mol. The zero-order valence-corrected chi connectivity index (χ0v) is 17.2. The number of nitrogens with zero attached hydrogens (tertiary/aromatic N) is 2. The molecule has 3 fully saturated rings. The van der Waals surface area contributed by atoms with Crippen molar-refractivity contribution >= 4 is 5.91 Å². The van der Waals surface area contributed by atoms with Gasteiger partial charge in [0, 0.05) is 37.0 Å². The highest BCUT2D eigenvalue weighted by molar-refractivity contribution is 5.95. The van der Waals surface area contributed by atoms with Crippen molar-refractivity contribution in [2.75, 3.05) is 46.8 Å². The average molecular weight is 390 g/mol. The van der Waals surface area contributed by atoms with Crippen molar-refractivity contribution < 1.29 is 13.9 Å². The number of nitrogens with one attached hydrogen (secondary N) is 1. The standard InChI is InChI=1S/C22H32FN3O2/c1-15-11-16(23)5-6-17(15)21(27)24-12-18-19-13-26(10-4-9-25(2)3)14-22(19)8-7-20(18)28-22/h5-6,11,18-20H,4,7-10,12-14H2,1-3H3,(H,24,27)/t18-,19+,20+,22+/m0/s1. The van der Waals surface area contributed by atoms with E-state index in [2.05, 4.69) is 29.2 Å². The van der Waals surface area contributed by atoms with Gasteiger partial charge in [-0.25, -0.2) is 4.39 Å². The van der Waals surface area contributed by atoms with Crippen LogP contribution >= 0.6 is 0 Å². The Hall–Kier alpha value is -1.50. The molecule has 0 aromatic heterocycles. The van der Waals surface area contributed by atoms with Gasteiger partial charge in [-0.3, -0.25) is 4.79 Å². The third-order valence-corrected chi connectivity index (χ3v) is 6.87.